The average molecular weight is 323 g/mol. The van der Waals surface area contributed by atoms with E-state index < -0.39 is 0 Å². The van der Waals surface area contributed by atoms with Crippen LogP contribution >= 0.6 is 23.4 Å². The first kappa shape index (κ1) is 16.2. The van der Waals surface area contributed by atoms with Crippen molar-refractivity contribution in [2.24, 2.45) is 5.84 Å². The number of halogens is 1. The number of benzene rings is 2. The normalized spacial score (nSPS) is 12.1. The molecular weight excluding hydrogens is 304 g/mol. The largest absolute Gasteiger partial charge is 0.494 e. The standard InChI is InChI=1S/C16H19ClN2OS/c1-2-20-16-9-4-3-8-14(16)15(19-18)11-21-13-7-5-6-12(17)10-13/h3-10,15,19H,2,11,18H2,1H3. The van der Waals surface area contributed by atoms with Gasteiger partial charge in [0.1, 0.15) is 5.75 Å². The van der Waals surface area contributed by atoms with E-state index in [1.807, 2.05) is 55.5 Å². The summed E-state index contributed by atoms with van der Waals surface area (Å²) in [5.74, 6) is 7.38. The third kappa shape index (κ3) is 4.64. The monoisotopic (exact) mass is 322 g/mol. The van der Waals surface area contributed by atoms with Crippen LogP contribution in [0.4, 0.5) is 0 Å². The molecular formula is C16H19ClN2OS. The van der Waals surface area contributed by atoms with Crippen LogP contribution in [0, 0.1) is 0 Å². The van der Waals surface area contributed by atoms with E-state index in [4.69, 9.17) is 22.2 Å². The summed E-state index contributed by atoms with van der Waals surface area (Å²) in [5.41, 5.74) is 3.93. The van der Waals surface area contributed by atoms with E-state index in [9.17, 15) is 0 Å². The van der Waals surface area contributed by atoms with Crippen molar-refractivity contribution >= 4 is 23.4 Å². The maximum atomic E-state index is 6.00. The van der Waals surface area contributed by atoms with E-state index in [1.54, 1.807) is 11.8 Å². The van der Waals surface area contributed by atoms with Crippen LogP contribution in [0.2, 0.25) is 5.02 Å². The van der Waals surface area contributed by atoms with Gasteiger partial charge in [-0.1, -0.05) is 35.9 Å². The topological polar surface area (TPSA) is 47.3 Å². The number of hydrazine groups is 1. The molecule has 0 saturated carbocycles. The molecule has 0 saturated heterocycles. The van der Waals surface area contributed by atoms with Crippen molar-refractivity contribution in [2.75, 3.05) is 12.4 Å². The smallest absolute Gasteiger partial charge is 0.124 e. The number of para-hydroxylation sites is 1. The molecule has 21 heavy (non-hydrogen) atoms. The fraction of sp³-hybridized carbons (Fsp3) is 0.250. The Balaban J connectivity index is 2.09. The van der Waals surface area contributed by atoms with Crippen molar-refractivity contribution in [3.8, 4) is 5.75 Å². The molecule has 0 bridgehead atoms. The lowest BCUT2D eigenvalue weighted by Gasteiger charge is -2.19. The molecule has 0 spiro atoms. The van der Waals surface area contributed by atoms with E-state index in [2.05, 4.69) is 5.43 Å². The van der Waals surface area contributed by atoms with Crippen LogP contribution in [0.5, 0.6) is 5.75 Å². The quantitative estimate of drug-likeness (QED) is 0.459. The molecule has 2 aromatic rings. The van der Waals surface area contributed by atoms with Crippen molar-refractivity contribution in [1.82, 2.24) is 5.43 Å². The Hall–Kier alpha value is -1.20. The minimum absolute atomic E-state index is 0.0109. The lowest BCUT2D eigenvalue weighted by atomic mass is 10.1. The molecule has 0 amide bonds. The van der Waals surface area contributed by atoms with Gasteiger partial charge in [0.05, 0.1) is 12.6 Å². The van der Waals surface area contributed by atoms with Gasteiger partial charge in [-0.25, -0.2) is 0 Å². The summed E-state index contributed by atoms with van der Waals surface area (Å²) < 4.78 is 5.67. The van der Waals surface area contributed by atoms with Gasteiger partial charge in [0.25, 0.3) is 0 Å². The number of thioether (sulfide) groups is 1. The van der Waals surface area contributed by atoms with Crippen molar-refractivity contribution < 1.29 is 4.74 Å². The minimum atomic E-state index is 0.0109. The third-order valence-electron chi connectivity index (χ3n) is 3.01. The summed E-state index contributed by atoms with van der Waals surface area (Å²) in [7, 11) is 0. The molecule has 3 N–H and O–H groups in total. The Bertz CT molecular complexity index is 580. The molecule has 1 unspecified atom stereocenters. The molecule has 3 nitrogen and oxygen atoms in total. The van der Waals surface area contributed by atoms with Gasteiger partial charge in [-0.3, -0.25) is 11.3 Å². The minimum Gasteiger partial charge on any atom is -0.494 e. The van der Waals surface area contributed by atoms with Crippen LogP contribution in [0.15, 0.2) is 53.4 Å². The zero-order valence-electron chi connectivity index (χ0n) is 11.9. The summed E-state index contributed by atoms with van der Waals surface area (Å²) in [5, 5.41) is 0.743. The summed E-state index contributed by atoms with van der Waals surface area (Å²) in [4.78, 5) is 1.12. The number of nitrogens with one attached hydrogen (secondary N) is 1. The molecule has 0 fully saturated rings. The van der Waals surface area contributed by atoms with Crippen molar-refractivity contribution in [1.29, 1.82) is 0 Å². The van der Waals surface area contributed by atoms with Gasteiger partial charge in [0.2, 0.25) is 0 Å². The molecule has 0 heterocycles. The molecule has 1 atom stereocenters. The van der Waals surface area contributed by atoms with Crippen LogP contribution in [0.3, 0.4) is 0 Å². The molecule has 0 aliphatic carbocycles. The Morgan fingerprint density at radius 1 is 1.24 bits per heavy atom. The lowest BCUT2D eigenvalue weighted by Crippen LogP contribution is -2.30. The highest BCUT2D eigenvalue weighted by Gasteiger charge is 2.15. The van der Waals surface area contributed by atoms with Gasteiger partial charge >= 0.3 is 0 Å². The van der Waals surface area contributed by atoms with Gasteiger partial charge in [-0.15, -0.1) is 11.8 Å². The fourth-order valence-corrected chi connectivity index (χ4v) is 3.29. The molecule has 0 aliphatic heterocycles. The highest BCUT2D eigenvalue weighted by Crippen LogP contribution is 2.30. The third-order valence-corrected chi connectivity index (χ3v) is 4.33. The first-order valence-electron chi connectivity index (χ1n) is 6.80. The average Bonchev–Trinajstić information content (AvgIpc) is 2.50. The number of hydrogen-bond acceptors (Lipinski definition) is 4. The summed E-state index contributed by atoms with van der Waals surface area (Å²) in [6.07, 6.45) is 0. The zero-order chi connectivity index (χ0) is 15.1. The zero-order valence-corrected chi connectivity index (χ0v) is 13.5. The molecule has 0 aromatic heterocycles. The molecule has 5 heteroatoms. The van der Waals surface area contributed by atoms with E-state index in [0.717, 1.165) is 27.0 Å². The summed E-state index contributed by atoms with van der Waals surface area (Å²) in [6, 6.07) is 15.8. The first-order chi connectivity index (χ1) is 10.2. The number of ether oxygens (including phenoxy) is 1. The SMILES string of the molecule is CCOc1ccccc1C(CSc1cccc(Cl)c1)NN. The van der Waals surface area contributed by atoms with Crippen LogP contribution in [-0.2, 0) is 0 Å². The van der Waals surface area contributed by atoms with E-state index in [1.165, 1.54) is 0 Å². The fourth-order valence-electron chi connectivity index (χ4n) is 2.02. The van der Waals surface area contributed by atoms with Crippen molar-refractivity contribution in [2.45, 2.75) is 17.9 Å². The van der Waals surface area contributed by atoms with Gasteiger partial charge in [0.15, 0.2) is 0 Å². The second-order valence-electron chi connectivity index (χ2n) is 4.46. The molecule has 2 rings (SSSR count). The molecule has 0 aliphatic rings. The van der Waals surface area contributed by atoms with Gasteiger partial charge in [-0.2, -0.15) is 0 Å². The van der Waals surface area contributed by atoms with Gasteiger partial charge < -0.3 is 4.74 Å². The van der Waals surface area contributed by atoms with E-state index in [0.29, 0.717) is 6.61 Å². The van der Waals surface area contributed by atoms with Crippen LogP contribution in [0.1, 0.15) is 18.5 Å². The lowest BCUT2D eigenvalue weighted by molar-refractivity contribution is 0.333. The molecule has 112 valence electrons. The Labute approximate surface area is 134 Å². The Morgan fingerprint density at radius 2 is 2.05 bits per heavy atom. The van der Waals surface area contributed by atoms with Crippen LogP contribution in [-0.4, -0.2) is 12.4 Å². The van der Waals surface area contributed by atoms with Crippen molar-refractivity contribution in [3.63, 3.8) is 0 Å². The number of nitrogens with two attached hydrogens (primary N) is 1. The predicted molar refractivity (Wildman–Crippen MR) is 89.9 cm³/mol. The summed E-state index contributed by atoms with van der Waals surface area (Å²) in [6.45, 7) is 2.61. The van der Waals surface area contributed by atoms with Crippen molar-refractivity contribution in [3.05, 3.63) is 59.1 Å². The second-order valence-corrected chi connectivity index (χ2v) is 5.99. The molecule has 2 aromatic carbocycles. The Morgan fingerprint density at radius 3 is 2.76 bits per heavy atom. The first-order valence-corrected chi connectivity index (χ1v) is 8.17. The van der Waals surface area contributed by atoms with Crippen LogP contribution in [0.25, 0.3) is 0 Å². The highest BCUT2D eigenvalue weighted by molar-refractivity contribution is 7.99. The van der Waals surface area contributed by atoms with Gasteiger partial charge in [-0.05, 0) is 31.2 Å². The maximum Gasteiger partial charge on any atom is 0.124 e. The number of hydrogen-bond donors (Lipinski definition) is 2. The van der Waals surface area contributed by atoms with Gasteiger partial charge in [0, 0.05) is 21.2 Å². The predicted octanol–water partition coefficient (Wildman–Crippen LogP) is 4.04. The second kappa shape index (κ2) is 8.29. The molecule has 0 radical (unpaired) electrons. The Kier molecular flexibility index (Phi) is 6.39. The highest BCUT2D eigenvalue weighted by atomic mass is 35.5. The summed E-state index contributed by atoms with van der Waals surface area (Å²) >= 11 is 7.71. The maximum absolute atomic E-state index is 6.00. The van der Waals surface area contributed by atoms with Crippen LogP contribution < -0.4 is 16.0 Å². The van der Waals surface area contributed by atoms with E-state index in [-0.39, 0.29) is 6.04 Å². The number of rotatable bonds is 7. The van der Waals surface area contributed by atoms with E-state index >= 15 is 0 Å².